The fourth-order valence-corrected chi connectivity index (χ4v) is 6.67. The third-order valence-corrected chi connectivity index (χ3v) is 12.3. The molecule has 0 heterocycles. The van der Waals surface area contributed by atoms with Gasteiger partial charge >= 0.3 is 5.97 Å². The summed E-state index contributed by atoms with van der Waals surface area (Å²) >= 11 is 0. The Labute approximate surface area is 168 Å². The molecule has 0 amide bonds. The minimum Gasteiger partial charge on any atom is -0.463 e. The van der Waals surface area contributed by atoms with E-state index < -0.39 is 8.32 Å². The minimum absolute atomic E-state index is 0.216. The molecule has 2 aliphatic rings. The number of esters is 1. The highest BCUT2D eigenvalue weighted by Crippen LogP contribution is 2.59. The van der Waals surface area contributed by atoms with Crippen molar-refractivity contribution in [1.82, 2.24) is 0 Å². The van der Waals surface area contributed by atoms with Crippen LogP contribution >= 0.6 is 0 Å². The lowest BCUT2D eigenvalue weighted by Crippen LogP contribution is -2.50. The van der Waals surface area contributed by atoms with Gasteiger partial charge in [-0.15, -0.1) is 0 Å². The lowest BCUT2D eigenvalue weighted by molar-refractivity contribution is -0.137. The standard InChI is InChI=1S/C23H42O3Si/c1-9-25-21(24)15-12-17(2)18-13-14-19-20(11-10-16-23(18,19)6)26-27(7,8)22(3,4)5/h12,15,17-20H,9-11,13-14,16H2,1-8H3/b15-12+/t17-,18-,19+,20+,23-/m1/s1. The largest absolute Gasteiger partial charge is 0.463 e. The molecule has 0 aromatic heterocycles. The normalized spacial score (nSPS) is 33.1. The summed E-state index contributed by atoms with van der Waals surface area (Å²) in [5.74, 6) is 1.46. The molecule has 2 aliphatic carbocycles. The van der Waals surface area contributed by atoms with Crippen molar-refractivity contribution in [3.05, 3.63) is 12.2 Å². The molecular formula is C23H42O3Si. The SMILES string of the molecule is CCOC(=O)/C=C/[C@@H](C)[C@H]1CC[C@H]2[C@@H](O[Si](C)(C)C(C)(C)C)CCC[C@]12C. The van der Waals surface area contributed by atoms with E-state index in [-0.39, 0.29) is 11.0 Å². The maximum atomic E-state index is 11.7. The summed E-state index contributed by atoms with van der Waals surface area (Å²) in [7, 11) is -1.75. The van der Waals surface area contributed by atoms with Crippen molar-refractivity contribution >= 4 is 14.3 Å². The van der Waals surface area contributed by atoms with Gasteiger partial charge in [0.2, 0.25) is 0 Å². The Bertz CT molecular complexity index is 548. The second-order valence-electron chi connectivity index (χ2n) is 10.6. The smallest absolute Gasteiger partial charge is 0.330 e. The van der Waals surface area contributed by atoms with E-state index in [4.69, 9.17) is 9.16 Å². The van der Waals surface area contributed by atoms with E-state index in [2.05, 4.69) is 53.8 Å². The van der Waals surface area contributed by atoms with E-state index in [9.17, 15) is 4.79 Å². The first-order chi connectivity index (χ1) is 12.4. The average molecular weight is 395 g/mol. The highest BCUT2D eigenvalue weighted by atomic mass is 28.4. The first-order valence-electron chi connectivity index (χ1n) is 10.9. The number of carbonyl (C=O) groups excluding carboxylic acids is 1. The van der Waals surface area contributed by atoms with Gasteiger partial charge in [-0.05, 0) is 73.9 Å². The summed E-state index contributed by atoms with van der Waals surface area (Å²) in [6.45, 7) is 18.8. The van der Waals surface area contributed by atoms with Crippen LogP contribution in [0, 0.1) is 23.2 Å². The molecule has 0 spiro atoms. The summed E-state index contributed by atoms with van der Waals surface area (Å²) < 4.78 is 12.0. The highest BCUT2D eigenvalue weighted by Gasteiger charge is 2.54. The first-order valence-corrected chi connectivity index (χ1v) is 13.9. The topological polar surface area (TPSA) is 35.5 Å². The fraction of sp³-hybridized carbons (Fsp3) is 0.870. The van der Waals surface area contributed by atoms with Gasteiger partial charge in [0.25, 0.3) is 0 Å². The van der Waals surface area contributed by atoms with Crippen LogP contribution in [0.3, 0.4) is 0 Å². The Morgan fingerprint density at radius 2 is 1.93 bits per heavy atom. The van der Waals surface area contributed by atoms with Crippen LogP contribution in [0.4, 0.5) is 0 Å². The summed E-state index contributed by atoms with van der Waals surface area (Å²) in [5, 5.41) is 0.258. The van der Waals surface area contributed by atoms with Gasteiger partial charge < -0.3 is 9.16 Å². The van der Waals surface area contributed by atoms with E-state index in [0.717, 1.165) is 0 Å². The molecule has 0 unspecified atom stereocenters. The van der Waals surface area contributed by atoms with E-state index in [0.29, 0.717) is 35.9 Å². The molecule has 5 atom stereocenters. The number of fused-ring (bicyclic) bond motifs is 1. The molecule has 0 N–H and O–H groups in total. The van der Waals surface area contributed by atoms with Gasteiger partial charge in [-0.2, -0.15) is 0 Å². The maximum absolute atomic E-state index is 11.7. The van der Waals surface area contributed by atoms with Crippen molar-refractivity contribution in [1.29, 1.82) is 0 Å². The van der Waals surface area contributed by atoms with Gasteiger partial charge in [-0.1, -0.05) is 47.1 Å². The molecule has 2 saturated carbocycles. The quantitative estimate of drug-likeness (QED) is 0.299. The Kier molecular flexibility index (Phi) is 7.06. The third kappa shape index (κ3) is 4.87. The van der Waals surface area contributed by atoms with Crippen LogP contribution in [-0.2, 0) is 14.0 Å². The molecule has 156 valence electrons. The van der Waals surface area contributed by atoms with E-state index in [1.54, 1.807) is 6.08 Å². The predicted molar refractivity (Wildman–Crippen MR) is 115 cm³/mol. The zero-order valence-corrected chi connectivity index (χ0v) is 19.9. The van der Waals surface area contributed by atoms with Crippen molar-refractivity contribution in [3.8, 4) is 0 Å². The van der Waals surface area contributed by atoms with Crippen molar-refractivity contribution in [2.24, 2.45) is 23.2 Å². The second-order valence-corrected chi connectivity index (χ2v) is 15.3. The lowest BCUT2D eigenvalue weighted by Gasteiger charge is -2.49. The van der Waals surface area contributed by atoms with Crippen LogP contribution in [0.25, 0.3) is 0 Å². The molecular weight excluding hydrogens is 352 g/mol. The average Bonchev–Trinajstić information content (AvgIpc) is 2.90. The van der Waals surface area contributed by atoms with Gasteiger partial charge in [0.15, 0.2) is 8.32 Å². The van der Waals surface area contributed by atoms with Gasteiger partial charge in [-0.3, -0.25) is 0 Å². The molecule has 0 aromatic carbocycles. The Morgan fingerprint density at radius 1 is 1.26 bits per heavy atom. The van der Waals surface area contributed by atoms with Crippen LogP contribution in [0.5, 0.6) is 0 Å². The van der Waals surface area contributed by atoms with E-state index in [1.165, 1.54) is 32.1 Å². The summed E-state index contributed by atoms with van der Waals surface area (Å²) in [6, 6.07) is 0. The fourth-order valence-electron chi connectivity index (χ4n) is 5.27. The molecule has 0 aromatic rings. The minimum atomic E-state index is -1.75. The van der Waals surface area contributed by atoms with E-state index in [1.807, 2.05) is 6.92 Å². The molecule has 2 rings (SSSR count). The van der Waals surface area contributed by atoms with Crippen LogP contribution in [-0.4, -0.2) is 27.0 Å². The molecule has 3 nitrogen and oxygen atoms in total. The number of rotatable bonds is 6. The van der Waals surface area contributed by atoms with Crippen molar-refractivity contribution in [2.75, 3.05) is 6.61 Å². The molecule has 0 aliphatic heterocycles. The number of allylic oxidation sites excluding steroid dienone is 1. The Balaban J connectivity index is 2.12. The van der Waals surface area contributed by atoms with E-state index >= 15 is 0 Å². The number of ether oxygens (including phenoxy) is 1. The summed E-state index contributed by atoms with van der Waals surface area (Å²) in [4.78, 5) is 11.7. The first kappa shape index (κ1) is 22.7. The molecule has 27 heavy (non-hydrogen) atoms. The van der Waals surface area contributed by atoms with Crippen LogP contribution in [0.1, 0.15) is 73.6 Å². The summed E-state index contributed by atoms with van der Waals surface area (Å²) in [5.41, 5.74) is 0.323. The second kappa shape index (κ2) is 8.40. The molecule has 0 saturated heterocycles. The van der Waals surface area contributed by atoms with Crippen LogP contribution in [0.15, 0.2) is 12.2 Å². The van der Waals surface area contributed by atoms with Gasteiger partial charge in [0, 0.05) is 12.2 Å². The number of hydrogen-bond donors (Lipinski definition) is 0. The zero-order chi connectivity index (χ0) is 20.5. The highest BCUT2D eigenvalue weighted by molar-refractivity contribution is 6.74. The number of carbonyl (C=O) groups is 1. The van der Waals surface area contributed by atoms with Crippen molar-refractivity contribution in [2.45, 2.75) is 97.9 Å². The van der Waals surface area contributed by atoms with Gasteiger partial charge in [-0.25, -0.2) is 4.79 Å². The van der Waals surface area contributed by atoms with Gasteiger partial charge in [0.05, 0.1) is 6.61 Å². The third-order valence-electron chi connectivity index (χ3n) is 7.84. The van der Waals surface area contributed by atoms with Crippen LogP contribution in [0.2, 0.25) is 18.1 Å². The molecule has 4 heteroatoms. The van der Waals surface area contributed by atoms with Crippen molar-refractivity contribution < 1.29 is 14.0 Å². The lowest BCUT2D eigenvalue weighted by atomic mass is 9.62. The monoisotopic (exact) mass is 394 g/mol. The number of hydrogen-bond acceptors (Lipinski definition) is 3. The van der Waals surface area contributed by atoms with Gasteiger partial charge in [0.1, 0.15) is 0 Å². The molecule has 2 fully saturated rings. The summed E-state index contributed by atoms with van der Waals surface area (Å²) in [6.07, 6.45) is 10.4. The Hall–Kier alpha value is -0.613. The maximum Gasteiger partial charge on any atom is 0.330 e. The predicted octanol–water partition coefficient (Wildman–Crippen LogP) is 6.35. The molecule has 0 bridgehead atoms. The van der Waals surface area contributed by atoms with Crippen LogP contribution < -0.4 is 0 Å². The zero-order valence-electron chi connectivity index (χ0n) is 18.9. The Morgan fingerprint density at radius 3 is 2.52 bits per heavy atom. The molecule has 0 radical (unpaired) electrons. The van der Waals surface area contributed by atoms with Crippen molar-refractivity contribution in [3.63, 3.8) is 0 Å².